The van der Waals surface area contributed by atoms with Gasteiger partial charge < -0.3 is 4.74 Å². The fourth-order valence-electron chi connectivity index (χ4n) is 2.76. The average Bonchev–Trinajstić information content (AvgIpc) is 3.00. The average molecular weight is 397 g/mol. The normalized spacial score (nSPS) is 24.1. The van der Waals surface area contributed by atoms with Gasteiger partial charge in [-0.1, -0.05) is 42.2 Å². The maximum atomic E-state index is 12.7. The monoisotopic (exact) mass is 397 g/mol. The molecule has 0 aliphatic carbocycles. The number of rotatable bonds is 3. The number of thiocarbonyl (C=S) groups is 1. The van der Waals surface area contributed by atoms with Crippen molar-refractivity contribution >= 4 is 56.1 Å². The number of amides is 1. The summed E-state index contributed by atoms with van der Waals surface area (Å²) in [6.45, 7) is 1.30. The summed E-state index contributed by atoms with van der Waals surface area (Å²) >= 11 is 6.40. The van der Waals surface area contributed by atoms with Gasteiger partial charge in [0.15, 0.2) is 9.84 Å². The van der Waals surface area contributed by atoms with E-state index in [1.165, 1.54) is 11.8 Å². The number of carbonyl (C=O) groups is 2. The summed E-state index contributed by atoms with van der Waals surface area (Å²) < 4.78 is 28.9. The first-order valence-corrected chi connectivity index (χ1v) is 10.6. The SMILES string of the molecule is CC(=O)Oc1ccccc1/C=C1/SC(=S)N([C@H]2CCS(=O)(=O)C2)C1=O. The van der Waals surface area contributed by atoms with Crippen molar-refractivity contribution in [2.45, 2.75) is 19.4 Å². The summed E-state index contributed by atoms with van der Waals surface area (Å²) in [7, 11) is -3.12. The number of ether oxygens (including phenoxy) is 1. The van der Waals surface area contributed by atoms with Gasteiger partial charge in [0.25, 0.3) is 5.91 Å². The third-order valence-corrected chi connectivity index (χ3v) is 6.94. The van der Waals surface area contributed by atoms with Crippen molar-refractivity contribution in [3.63, 3.8) is 0 Å². The molecule has 6 nitrogen and oxygen atoms in total. The van der Waals surface area contributed by atoms with E-state index in [2.05, 4.69) is 0 Å². The zero-order chi connectivity index (χ0) is 18.2. The van der Waals surface area contributed by atoms with Gasteiger partial charge in [0.1, 0.15) is 10.1 Å². The second-order valence-corrected chi connectivity index (χ2v) is 9.64. The largest absolute Gasteiger partial charge is 0.426 e. The zero-order valence-corrected chi connectivity index (χ0v) is 15.7. The highest BCUT2D eigenvalue weighted by Crippen LogP contribution is 2.37. The lowest BCUT2D eigenvalue weighted by atomic mass is 10.1. The van der Waals surface area contributed by atoms with E-state index in [4.69, 9.17) is 17.0 Å². The highest BCUT2D eigenvalue weighted by molar-refractivity contribution is 8.26. The molecule has 0 spiro atoms. The maximum Gasteiger partial charge on any atom is 0.308 e. The molecule has 0 saturated carbocycles. The van der Waals surface area contributed by atoms with Crippen LogP contribution >= 0.6 is 24.0 Å². The number of benzene rings is 1. The van der Waals surface area contributed by atoms with Crippen LogP contribution in [0, 0.1) is 0 Å². The third kappa shape index (κ3) is 3.94. The quantitative estimate of drug-likeness (QED) is 0.334. The summed E-state index contributed by atoms with van der Waals surface area (Å²) in [6, 6.07) is 6.45. The number of nitrogens with zero attached hydrogens (tertiary/aromatic N) is 1. The van der Waals surface area contributed by atoms with Gasteiger partial charge in [0.2, 0.25) is 0 Å². The number of para-hydroxylation sites is 1. The minimum absolute atomic E-state index is 0.0588. The molecule has 2 fully saturated rings. The molecular formula is C16H15NO5S3. The van der Waals surface area contributed by atoms with Crippen molar-refractivity contribution in [2.24, 2.45) is 0 Å². The Balaban J connectivity index is 1.88. The van der Waals surface area contributed by atoms with Crippen LogP contribution in [0.3, 0.4) is 0 Å². The Labute approximate surface area is 155 Å². The van der Waals surface area contributed by atoms with Crippen molar-refractivity contribution < 1.29 is 22.7 Å². The Morgan fingerprint density at radius 1 is 1.40 bits per heavy atom. The van der Waals surface area contributed by atoms with Gasteiger partial charge in [0, 0.05) is 12.5 Å². The van der Waals surface area contributed by atoms with Gasteiger partial charge in [-0.15, -0.1) is 0 Å². The van der Waals surface area contributed by atoms with Gasteiger partial charge in [-0.3, -0.25) is 14.5 Å². The minimum atomic E-state index is -3.12. The predicted octanol–water partition coefficient (Wildman–Crippen LogP) is 2.00. The molecule has 1 aromatic rings. The molecule has 3 rings (SSSR count). The Bertz CT molecular complexity index is 891. The van der Waals surface area contributed by atoms with E-state index in [1.54, 1.807) is 30.3 Å². The van der Waals surface area contributed by atoms with Gasteiger partial charge in [-0.2, -0.15) is 0 Å². The molecule has 0 aromatic heterocycles. The fourth-order valence-corrected chi connectivity index (χ4v) is 5.85. The number of sulfone groups is 1. The molecule has 25 heavy (non-hydrogen) atoms. The van der Waals surface area contributed by atoms with Crippen LogP contribution < -0.4 is 4.74 Å². The summed E-state index contributed by atoms with van der Waals surface area (Å²) in [5.74, 6) is -0.400. The highest BCUT2D eigenvalue weighted by Gasteiger charge is 2.42. The van der Waals surface area contributed by atoms with E-state index in [9.17, 15) is 18.0 Å². The van der Waals surface area contributed by atoms with E-state index in [1.807, 2.05) is 0 Å². The second kappa shape index (κ2) is 6.89. The van der Waals surface area contributed by atoms with E-state index < -0.39 is 21.8 Å². The van der Waals surface area contributed by atoms with Crippen molar-refractivity contribution in [3.8, 4) is 5.75 Å². The van der Waals surface area contributed by atoms with Crippen LogP contribution in [0.5, 0.6) is 5.75 Å². The molecule has 2 heterocycles. The van der Waals surface area contributed by atoms with Gasteiger partial charge in [0.05, 0.1) is 22.5 Å². The van der Waals surface area contributed by atoms with Crippen LogP contribution in [0.15, 0.2) is 29.2 Å². The first kappa shape index (κ1) is 18.1. The lowest BCUT2D eigenvalue weighted by Gasteiger charge is -2.20. The molecule has 2 aliphatic heterocycles. The standard InChI is InChI=1S/C16H15NO5S3/c1-10(18)22-13-5-3-2-4-11(13)8-14-15(19)17(16(23)24-14)12-6-7-25(20,21)9-12/h2-5,8,12H,6-7,9H2,1H3/b14-8+/t12-/m0/s1. The molecule has 0 radical (unpaired) electrons. The molecule has 1 amide bonds. The summed E-state index contributed by atoms with van der Waals surface area (Å²) in [6.07, 6.45) is 2.01. The number of hydrogen-bond donors (Lipinski definition) is 0. The number of esters is 1. The lowest BCUT2D eigenvalue weighted by molar-refractivity contribution is -0.131. The van der Waals surface area contributed by atoms with E-state index >= 15 is 0 Å². The summed E-state index contributed by atoms with van der Waals surface area (Å²) in [5.41, 5.74) is 0.581. The molecule has 0 bridgehead atoms. The van der Waals surface area contributed by atoms with Crippen LogP contribution in [-0.2, 0) is 19.4 Å². The van der Waals surface area contributed by atoms with Crippen LogP contribution in [-0.4, -0.2) is 47.1 Å². The summed E-state index contributed by atoms with van der Waals surface area (Å²) in [4.78, 5) is 25.7. The molecule has 1 aromatic carbocycles. The van der Waals surface area contributed by atoms with Crippen molar-refractivity contribution in [2.75, 3.05) is 11.5 Å². The molecule has 132 valence electrons. The van der Waals surface area contributed by atoms with Gasteiger partial charge >= 0.3 is 5.97 Å². The van der Waals surface area contributed by atoms with E-state index in [0.717, 1.165) is 11.8 Å². The van der Waals surface area contributed by atoms with Crippen LogP contribution in [0.1, 0.15) is 18.9 Å². The van der Waals surface area contributed by atoms with Gasteiger partial charge in [-0.05, 0) is 18.6 Å². The maximum absolute atomic E-state index is 12.7. The first-order valence-electron chi connectivity index (χ1n) is 7.52. The Morgan fingerprint density at radius 2 is 2.12 bits per heavy atom. The predicted molar refractivity (Wildman–Crippen MR) is 99.8 cm³/mol. The Hall–Kier alpha value is -1.71. The molecule has 9 heteroatoms. The molecule has 2 aliphatic rings. The van der Waals surface area contributed by atoms with Crippen LogP contribution in [0.2, 0.25) is 0 Å². The van der Waals surface area contributed by atoms with E-state index in [0.29, 0.717) is 27.0 Å². The Kier molecular flexibility index (Phi) is 4.99. The second-order valence-electron chi connectivity index (χ2n) is 5.74. The topological polar surface area (TPSA) is 80.8 Å². The van der Waals surface area contributed by atoms with Crippen LogP contribution in [0.25, 0.3) is 6.08 Å². The van der Waals surface area contributed by atoms with Crippen LogP contribution in [0.4, 0.5) is 0 Å². The summed E-state index contributed by atoms with van der Waals surface area (Å²) in [5, 5.41) is 0. The lowest BCUT2D eigenvalue weighted by Crippen LogP contribution is -2.39. The number of carbonyl (C=O) groups excluding carboxylic acids is 2. The highest BCUT2D eigenvalue weighted by atomic mass is 32.2. The molecular weight excluding hydrogens is 382 g/mol. The van der Waals surface area contributed by atoms with E-state index in [-0.39, 0.29) is 17.4 Å². The van der Waals surface area contributed by atoms with Gasteiger partial charge in [-0.25, -0.2) is 8.42 Å². The molecule has 2 saturated heterocycles. The molecule has 0 N–H and O–H groups in total. The third-order valence-electron chi connectivity index (χ3n) is 3.86. The fraction of sp³-hybridized carbons (Fsp3) is 0.312. The van der Waals surface area contributed by atoms with Crippen molar-refractivity contribution in [3.05, 3.63) is 34.7 Å². The molecule has 0 unspecified atom stereocenters. The first-order chi connectivity index (χ1) is 11.8. The molecule has 1 atom stereocenters. The minimum Gasteiger partial charge on any atom is -0.426 e. The zero-order valence-electron chi connectivity index (χ0n) is 13.3. The van der Waals surface area contributed by atoms with Crippen molar-refractivity contribution in [1.29, 1.82) is 0 Å². The van der Waals surface area contributed by atoms with Crippen molar-refractivity contribution in [1.82, 2.24) is 4.90 Å². The smallest absolute Gasteiger partial charge is 0.308 e. The number of thioether (sulfide) groups is 1. The number of hydrogen-bond acceptors (Lipinski definition) is 7. The Morgan fingerprint density at radius 3 is 2.76 bits per heavy atom.